The molecule has 8 heteroatoms. The first-order valence-corrected chi connectivity index (χ1v) is 7.91. The second-order valence-electron chi connectivity index (χ2n) is 4.30. The van der Waals surface area contributed by atoms with Crippen molar-refractivity contribution in [3.05, 3.63) is 23.2 Å². The number of carbonyl (C=O) groups is 1. The van der Waals surface area contributed by atoms with Crippen LogP contribution in [0.3, 0.4) is 0 Å². The molecule has 1 atom stereocenters. The highest BCUT2D eigenvalue weighted by Gasteiger charge is 2.17. The van der Waals surface area contributed by atoms with Gasteiger partial charge in [0.15, 0.2) is 6.61 Å². The second-order valence-corrected chi connectivity index (χ2v) is 6.27. The van der Waals surface area contributed by atoms with Crippen LogP contribution in [-0.2, 0) is 14.8 Å². The van der Waals surface area contributed by atoms with E-state index in [-0.39, 0.29) is 34.2 Å². The average Bonchev–Trinajstić information content (AvgIpc) is 2.36. The zero-order chi connectivity index (χ0) is 15.3. The maximum atomic E-state index is 11.6. The first-order valence-electron chi connectivity index (χ1n) is 5.98. The highest BCUT2D eigenvalue weighted by Crippen LogP contribution is 2.26. The predicted molar refractivity (Wildman–Crippen MR) is 76.2 cm³/mol. The van der Waals surface area contributed by atoms with Crippen LogP contribution in [0.1, 0.15) is 20.3 Å². The van der Waals surface area contributed by atoms with Crippen LogP contribution >= 0.6 is 11.6 Å². The van der Waals surface area contributed by atoms with Gasteiger partial charge in [-0.2, -0.15) is 0 Å². The summed E-state index contributed by atoms with van der Waals surface area (Å²) in [5, 5.41) is 7.98. The Morgan fingerprint density at radius 1 is 1.50 bits per heavy atom. The van der Waals surface area contributed by atoms with Gasteiger partial charge in [0.2, 0.25) is 10.0 Å². The Kier molecular flexibility index (Phi) is 5.79. The van der Waals surface area contributed by atoms with Gasteiger partial charge >= 0.3 is 0 Å². The minimum Gasteiger partial charge on any atom is -0.482 e. The van der Waals surface area contributed by atoms with Crippen molar-refractivity contribution >= 4 is 27.5 Å². The third kappa shape index (κ3) is 4.99. The van der Waals surface area contributed by atoms with Crippen LogP contribution in [0.2, 0.25) is 5.02 Å². The van der Waals surface area contributed by atoms with E-state index in [4.69, 9.17) is 21.5 Å². The molecule has 20 heavy (non-hydrogen) atoms. The molecule has 0 bridgehead atoms. The van der Waals surface area contributed by atoms with Crippen molar-refractivity contribution in [1.29, 1.82) is 0 Å². The Labute approximate surface area is 123 Å². The number of sulfonamides is 1. The van der Waals surface area contributed by atoms with Crippen molar-refractivity contribution in [2.75, 3.05) is 6.61 Å². The molecule has 1 aromatic rings. The molecule has 1 aromatic carbocycles. The lowest BCUT2D eigenvalue weighted by Gasteiger charge is -2.13. The first-order chi connectivity index (χ1) is 9.24. The summed E-state index contributed by atoms with van der Waals surface area (Å²) in [6.07, 6.45) is 0.787. The van der Waals surface area contributed by atoms with E-state index >= 15 is 0 Å². The van der Waals surface area contributed by atoms with Crippen LogP contribution in [0, 0.1) is 0 Å². The smallest absolute Gasteiger partial charge is 0.258 e. The van der Waals surface area contributed by atoms with Gasteiger partial charge in [-0.05, 0) is 31.5 Å². The van der Waals surface area contributed by atoms with E-state index < -0.39 is 10.0 Å². The summed E-state index contributed by atoms with van der Waals surface area (Å²) < 4.78 is 28.0. The molecule has 1 unspecified atom stereocenters. The molecule has 0 heterocycles. The van der Waals surface area contributed by atoms with E-state index in [0.717, 1.165) is 6.42 Å². The van der Waals surface area contributed by atoms with Crippen LogP contribution in [-0.4, -0.2) is 27.0 Å². The number of ether oxygens (including phenoxy) is 1. The van der Waals surface area contributed by atoms with Gasteiger partial charge in [-0.25, -0.2) is 13.6 Å². The number of nitrogens with one attached hydrogen (secondary N) is 1. The largest absolute Gasteiger partial charge is 0.482 e. The number of hydrogen-bond donors (Lipinski definition) is 2. The molecule has 0 aliphatic heterocycles. The molecule has 0 saturated heterocycles. The summed E-state index contributed by atoms with van der Waals surface area (Å²) >= 11 is 5.72. The van der Waals surface area contributed by atoms with E-state index in [1.165, 1.54) is 18.2 Å². The lowest BCUT2D eigenvalue weighted by molar-refractivity contribution is -0.123. The van der Waals surface area contributed by atoms with E-state index in [1.54, 1.807) is 0 Å². The topological polar surface area (TPSA) is 98.5 Å². The van der Waals surface area contributed by atoms with Crippen LogP contribution in [0.5, 0.6) is 5.75 Å². The highest BCUT2D eigenvalue weighted by molar-refractivity contribution is 7.89. The third-order valence-corrected chi connectivity index (χ3v) is 3.76. The fourth-order valence-corrected chi connectivity index (χ4v) is 2.32. The average molecular weight is 321 g/mol. The van der Waals surface area contributed by atoms with Gasteiger partial charge in [0, 0.05) is 11.1 Å². The van der Waals surface area contributed by atoms with Crippen molar-refractivity contribution < 1.29 is 17.9 Å². The molecule has 3 N–H and O–H groups in total. The number of primary sulfonamides is 1. The standard InChI is InChI=1S/C12H17ClN2O4S/c1-3-8(2)15-12(16)7-19-10-5-4-9(13)6-11(10)20(14,17)18/h4-6,8H,3,7H2,1-2H3,(H,15,16)(H2,14,17,18). The zero-order valence-electron chi connectivity index (χ0n) is 11.2. The van der Waals surface area contributed by atoms with Gasteiger partial charge in [-0.1, -0.05) is 18.5 Å². The van der Waals surface area contributed by atoms with E-state index in [2.05, 4.69) is 5.32 Å². The van der Waals surface area contributed by atoms with Crippen LogP contribution < -0.4 is 15.2 Å². The number of nitrogens with two attached hydrogens (primary N) is 1. The molecule has 112 valence electrons. The summed E-state index contributed by atoms with van der Waals surface area (Å²) in [5.41, 5.74) is 0. The fourth-order valence-electron chi connectivity index (χ4n) is 1.39. The van der Waals surface area contributed by atoms with Crippen molar-refractivity contribution in [3.63, 3.8) is 0 Å². The first kappa shape index (κ1) is 16.7. The number of amides is 1. The third-order valence-electron chi connectivity index (χ3n) is 2.59. The summed E-state index contributed by atoms with van der Waals surface area (Å²) in [7, 11) is -3.97. The monoisotopic (exact) mass is 320 g/mol. The van der Waals surface area contributed by atoms with Gasteiger partial charge in [0.25, 0.3) is 5.91 Å². The maximum Gasteiger partial charge on any atom is 0.258 e. The minimum absolute atomic E-state index is 0.00352. The molecule has 1 amide bonds. The number of hydrogen-bond acceptors (Lipinski definition) is 4. The number of benzene rings is 1. The summed E-state index contributed by atoms with van der Waals surface area (Å²) in [4.78, 5) is 11.3. The minimum atomic E-state index is -3.97. The molecule has 0 radical (unpaired) electrons. The fraction of sp³-hybridized carbons (Fsp3) is 0.417. The van der Waals surface area contributed by atoms with E-state index in [9.17, 15) is 13.2 Å². The molecule has 6 nitrogen and oxygen atoms in total. The molecular formula is C12H17ClN2O4S. The van der Waals surface area contributed by atoms with Gasteiger partial charge in [0.1, 0.15) is 10.6 Å². The summed E-state index contributed by atoms with van der Waals surface area (Å²) in [5.74, 6) is -0.342. The Hall–Kier alpha value is -1.31. The lowest BCUT2D eigenvalue weighted by atomic mass is 10.2. The van der Waals surface area contributed by atoms with E-state index in [1.807, 2.05) is 13.8 Å². The van der Waals surface area contributed by atoms with Gasteiger partial charge < -0.3 is 10.1 Å². The molecule has 0 spiro atoms. The van der Waals surface area contributed by atoms with Crippen LogP contribution in [0.25, 0.3) is 0 Å². The van der Waals surface area contributed by atoms with Crippen molar-refractivity contribution in [2.24, 2.45) is 5.14 Å². The van der Waals surface area contributed by atoms with Crippen molar-refractivity contribution in [2.45, 2.75) is 31.2 Å². The Morgan fingerprint density at radius 3 is 2.70 bits per heavy atom. The molecule has 0 aliphatic carbocycles. The normalized spacial score (nSPS) is 12.8. The van der Waals surface area contributed by atoms with Crippen LogP contribution in [0.4, 0.5) is 0 Å². The quantitative estimate of drug-likeness (QED) is 0.824. The van der Waals surface area contributed by atoms with Crippen LogP contribution in [0.15, 0.2) is 23.1 Å². The molecule has 0 aliphatic rings. The molecule has 0 fully saturated rings. The summed E-state index contributed by atoms with van der Waals surface area (Å²) in [6, 6.07) is 4.02. The van der Waals surface area contributed by atoms with E-state index in [0.29, 0.717) is 0 Å². The number of rotatable bonds is 6. The van der Waals surface area contributed by atoms with Crippen molar-refractivity contribution in [1.82, 2.24) is 5.32 Å². The molecule has 0 saturated carbocycles. The lowest BCUT2D eigenvalue weighted by Crippen LogP contribution is -2.35. The molecule has 0 aromatic heterocycles. The SMILES string of the molecule is CCC(C)NC(=O)COc1ccc(Cl)cc1S(N)(=O)=O. The second kappa shape index (κ2) is 6.92. The van der Waals surface area contributed by atoms with Gasteiger partial charge in [0.05, 0.1) is 0 Å². The molecule has 1 rings (SSSR count). The Morgan fingerprint density at radius 2 is 2.15 bits per heavy atom. The maximum absolute atomic E-state index is 11.6. The molecular weight excluding hydrogens is 304 g/mol. The van der Waals surface area contributed by atoms with Gasteiger partial charge in [-0.3, -0.25) is 4.79 Å². The zero-order valence-corrected chi connectivity index (χ0v) is 12.8. The predicted octanol–water partition coefficient (Wildman–Crippen LogP) is 1.28. The number of halogens is 1. The Balaban J connectivity index is 2.81. The highest BCUT2D eigenvalue weighted by atomic mass is 35.5. The van der Waals surface area contributed by atoms with Crippen molar-refractivity contribution in [3.8, 4) is 5.75 Å². The Bertz CT molecular complexity index is 589. The summed E-state index contributed by atoms with van der Waals surface area (Å²) in [6.45, 7) is 3.49. The van der Waals surface area contributed by atoms with Gasteiger partial charge in [-0.15, -0.1) is 0 Å². The number of carbonyl (C=O) groups excluding carboxylic acids is 1.